The summed E-state index contributed by atoms with van der Waals surface area (Å²) < 4.78 is 6.01. The number of ether oxygens (including phenoxy) is 1. The van der Waals surface area contributed by atoms with Gasteiger partial charge < -0.3 is 14.7 Å². The first-order valence-corrected chi connectivity index (χ1v) is 7.99. The van der Waals surface area contributed by atoms with Gasteiger partial charge in [-0.05, 0) is 32.1 Å². The van der Waals surface area contributed by atoms with Crippen LogP contribution < -0.4 is 0 Å². The van der Waals surface area contributed by atoms with Crippen molar-refractivity contribution in [2.45, 2.75) is 50.2 Å². The molecule has 1 unspecified atom stereocenters. The molecule has 5 heteroatoms. The topological polar surface area (TPSA) is 53.0 Å². The lowest BCUT2D eigenvalue weighted by Crippen LogP contribution is -2.56. The van der Waals surface area contributed by atoms with Crippen molar-refractivity contribution in [3.8, 4) is 0 Å². The molecule has 1 aliphatic carbocycles. The van der Waals surface area contributed by atoms with Gasteiger partial charge in [-0.15, -0.1) is 0 Å². The van der Waals surface area contributed by atoms with Crippen molar-refractivity contribution in [1.29, 1.82) is 0 Å². The Hall–Kier alpha value is -0.650. The van der Waals surface area contributed by atoms with Gasteiger partial charge in [-0.1, -0.05) is 0 Å². The van der Waals surface area contributed by atoms with Crippen LogP contribution in [0.2, 0.25) is 0 Å². The van der Waals surface area contributed by atoms with Crippen LogP contribution in [0, 0.1) is 0 Å². The fourth-order valence-electron chi connectivity index (χ4n) is 3.84. The monoisotopic (exact) mass is 282 g/mol. The van der Waals surface area contributed by atoms with E-state index >= 15 is 0 Å². The number of carboxylic acids is 1. The molecule has 3 rings (SSSR count). The molecule has 1 atom stereocenters. The quantitative estimate of drug-likeness (QED) is 0.839. The van der Waals surface area contributed by atoms with Crippen molar-refractivity contribution >= 4 is 5.97 Å². The van der Waals surface area contributed by atoms with Gasteiger partial charge in [0.25, 0.3) is 0 Å². The van der Waals surface area contributed by atoms with Crippen LogP contribution in [0.3, 0.4) is 0 Å². The maximum absolute atomic E-state index is 10.6. The molecule has 0 aromatic rings. The van der Waals surface area contributed by atoms with Crippen molar-refractivity contribution in [2.75, 3.05) is 39.3 Å². The Bertz CT molecular complexity index is 349. The molecule has 114 valence electrons. The Labute approximate surface area is 120 Å². The zero-order valence-electron chi connectivity index (χ0n) is 12.2. The van der Waals surface area contributed by atoms with Crippen molar-refractivity contribution < 1.29 is 14.6 Å². The van der Waals surface area contributed by atoms with Crippen LogP contribution in [0.5, 0.6) is 0 Å². The SMILES string of the molecule is O=C(O)CCN1CCN(C2CCOC3(CCC3)C2)CC1. The van der Waals surface area contributed by atoms with E-state index in [1.807, 2.05) is 0 Å². The molecule has 5 nitrogen and oxygen atoms in total. The van der Waals surface area contributed by atoms with Gasteiger partial charge in [0.2, 0.25) is 0 Å². The Morgan fingerprint density at radius 3 is 2.60 bits per heavy atom. The van der Waals surface area contributed by atoms with E-state index in [0.29, 0.717) is 12.6 Å². The first-order chi connectivity index (χ1) is 9.67. The Morgan fingerprint density at radius 1 is 1.25 bits per heavy atom. The highest BCUT2D eigenvalue weighted by molar-refractivity contribution is 5.66. The maximum atomic E-state index is 10.6. The molecule has 3 aliphatic rings. The lowest BCUT2D eigenvalue weighted by molar-refractivity contribution is -0.151. The predicted molar refractivity (Wildman–Crippen MR) is 75.8 cm³/mol. The Kier molecular flexibility index (Phi) is 4.29. The molecule has 2 saturated heterocycles. The third kappa shape index (κ3) is 3.15. The van der Waals surface area contributed by atoms with Crippen LogP contribution >= 0.6 is 0 Å². The van der Waals surface area contributed by atoms with E-state index in [1.54, 1.807) is 0 Å². The standard InChI is InChI=1S/C15H26N2O3/c18-14(19)2-6-16-7-9-17(10-8-16)13-3-11-20-15(12-13)4-1-5-15/h13H,1-12H2,(H,18,19). The summed E-state index contributed by atoms with van der Waals surface area (Å²) in [5.41, 5.74) is 0.226. The second-order valence-corrected chi connectivity index (χ2v) is 6.55. The summed E-state index contributed by atoms with van der Waals surface area (Å²) in [7, 11) is 0. The van der Waals surface area contributed by atoms with Crippen molar-refractivity contribution in [3.05, 3.63) is 0 Å². The summed E-state index contributed by atoms with van der Waals surface area (Å²) in [4.78, 5) is 15.5. The molecular formula is C15H26N2O3. The summed E-state index contributed by atoms with van der Waals surface area (Å²) >= 11 is 0. The average molecular weight is 282 g/mol. The van der Waals surface area contributed by atoms with Crippen LogP contribution in [-0.4, -0.2) is 71.8 Å². The van der Waals surface area contributed by atoms with Crippen LogP contribution in [0.1, 0.15) is 38.5 Å². The van der Waals surface area contributed by atoms with Crippen molar-refractivity contribution in [1.82, 2.24) is 9.80 Å². The molecule has 1 spiro atoms. The number of piperazine rings is 1. The van der Waals surface area contributed by atoms with Gasteiger partial charge in [0, 0.05) is 45.4 Å². The molecule has 3 fully saturated rings. The number of carbonyl (C=O) groups is 1. The smallest absolute Gasteiger partial charge is 0.304 e. The second-order valence-electron chi connectivity index (χ2n) is 6.55. The summed E-state index contributed by atoms with van der Waals surface area (Å²) in [5.74, 6) is -0.691. The van der Waals surface area contributed by atoms with Gasteiger partial charge in [0.1, 0.15) is 0 Å². The van der Waals surface area contributed by atoms with Crippen molar-refractivity contribution in [2.24, 2.45) is 0 Å². The lowest BCUT2D eigenvalue weighted by Gasteiger charge is -2.50. The maximum Gasteiger partial charge on any atom is 0.304 e. The van der Waals surface area contributed by atoms with Crippen LogP contribution in [0.15, 0.2) is 0 Å². The van der Waals surface area contributed by atoms with Gasteiger partial charge in [-0.25, -0.2) is 0 Å². The second kappa shape index (κ2) is 6.00. The lowest BCUT2D eigenvalue weighted by atomic mass is 9.73. The fraction of sp³-hybridized carbons (Fsp3) is 0.933. The number of carboxylic acid groups (broad SMARTS) is 1. The van der Waals surface area contributed by atoms with E-state index in [2.05, 4.69) is 9.80 Å². The molecule has 0 aromatic carbocycles. The average Bonchev–Trinajstić information content (AvgIpc) is 2.44. The minimum atomic E-state index is -0.691. The molecule has 2 aliphatic heterocycles. The van der Waals surface area contributed by atoms with Gasteiger partial charge in [0.15, 0.2) is 0 Å². The third-order valence-electron chi connectivity index (χ3n) is 5.30. The normalized spacial score (nSPS) is 31.1. The van der Waals surface area contributed by atoms with Gasteiger partial charge in [-0.3, -0.25) is 9.69 Å². The predicted octanol–water partition coefficient (Wildman–Crippen LogP) is 1.18. The van der Waals surface area contributed by atoms with Crippen LogP contribution in [0.25, 0.3) is 0 Å². The Morgan fingerprint density at radius 2 is 2.00 bits per heavy atom. The van der Waals surface area contributed by atoms with E-state index < -0.39 is 5.97 Å². The first-order valence-electron chi connectivity index (χ1n) is 7.99. The summed E-state index contributed by atoms with van der Waals surface area (Å²) in [6.07, 6.45) is 6.47. The molecule has 0 aromatic heterocycles. The summed E-state index contributed by atoms with van der Waals surface area (Å²) in [6, 6.07) is 0.686. The van der Waals surface area contributed by atoms with Crippen LogP contribution in [0.4, 0.5) is 0 Å². The molecule has 0 amide bonds. The summed E-state index contributed by atoms with van der Waals surface area (Å²) in [6.45, 7) is 5.81. The Balaban J connectivity index is 1.44. The largest absolute Gasteiger partial charge is 0.481 e. The zero-order chi connectivity index (χ0) is 14.0. The molecule has 0 radical (unpaired) electrons. The number of hydrogen-bond acceptors (Lipinski definition) is 4. The van der Waals surface area contributed by atoms with Gasteiger partial charge in [0.05, 0.1) is 12.0 Å². The highest BCUT2D eigenvalue weighted by atomic mass is 16.5. The first kappa shape index (κ1) is 14.3. The summed E-state index contributed by atoms with van der Waals surface area (Å²) in [5, 5.41) is 8.74. The van der Waals surface area contributed by atoms with Gasteiger partial charge in [-0.2, -0.15) is 0 Å². The number of hydrogen-bond donors (Lipinski definition) is 1. The van der Waals surface area contributed by atoms with Gasteiger partial charge >= 0.3 is 5.97 Å². The number of aliphatic carboxylic acids is 1. The fourth-order valence-corrected chi connectivity index (χ4v) is 3.84. The molecule has 2 heterocycles. The zero-order valence-corrected chi connectivity index (χ0v) is 12.2. The molecule has 20 heavy (non-hydrogen) atoms. The van der Waals surface area contributed by atoms with E-state index in [9.17, 15) is 4.79 Å². The van der Waals surface area contributed by atoms with Crippen molar-refractivity contribution in [3.63, 3.8) is 0 Å². The molecular weight excluding hydrogens is 256 g/mol. The van der Waals surface area contributed by atoms with E-state index in [0.717, 1.165) is 39.2 Å². The molecule has 1 N–H and O–H groups in total. The number of nitrogens with zero attached hydrogens (tertiary/aromatic N) is 2. The molecule has 0 bridgehead atoms. The van der Waals surface area contributed by atoms with E-state index in [4.69, 9.17) is 9.84 Å². The van der Waals surface area contributed by atoms with E-state index in [-0.39, 0.29) is 12.0 Å². The highest BCUT2D eigenvalue weighted by Crippen LogP contribution is 2.43. The minimum Gasteiger partial charge on any atom is -0.481 e. The minimum absolute atomic E-state index is 0.226. The third-order valence-corrected chi connectivity index (χ3v) is 5.30. The number of rotatable bonds is 4. The van der Waals surface area contributed by atoms with Crippen LogP contribution in [-0.2, 0) is 9.53 Å². The highest BCUT2D eigenvalue weighted by Gasteiger charge is 2.44. The van der Waals surface area contributed by atoms with E-state index in [1.165, 1.54) is 25.7 Å². The molecule has 1 saturated carbocycles.